The molecule has 1 fully saturated rings. The predicted octanol–water partition coefficient (Wildman–Crippen LogP) is 4.58. The third kappa shape index (κ3) is 8.51. The van der Waals surface area contributed by atoms with Crippen molar-refractivity contribution in [3.8, 4) is 5.75 Å². The van der Waals surface area contributed by atoms with E-state index >= 15 is 0 Å². The fourth-order valence-corrected chi connectivity index (χ4v) is 5.23. The summed E-state index contributed by atoms with van der Waals surface area (Å²) < 4.78 is 20.9. The van der Waals surface area contributed by atoms with E-state index in [2.05, 4.69) is 22.1 Å². The van der Waals surface area contributed by atoms with Gasteiger partial charge in [0, 0.05) is 51.3 Å². The number of ether oxygens (including phenoxy) is 1. The molecule has 226 valence electrons. The normalized spacial score (nSPS) is 16.6. The molecule has 4 rings (SSSR count). The van der Waals surface area contributed by atoms with Gasteiger partial charge in [-0.1, -0.05) is 49.0 Å². The van der Waals surface area contributed by atoms with Gasteiger partial charge in [-0.25, -0.2) is 4.39 Å². The largest absolute Gasteiger partial charge is 0.484 e. The van der Waals surface area contributed by atoms with Crippen LogP contribution in [0.5, 0.6) is 5.75 Å². The highest BCUT2D eigenvalue weighted by Gasteiger charge is 2.29. The van der Waals surface area contributed by atoms with Crippen molar-refractivity contribution < 1.29 is 23.5 Å². The number of amides is 3. The molecule has 43 heavy (non-hydrogen) atoms. The van der Waals surface area contributed by atoms with Gasteiger partial charge in [0.1, 0.15) is 17.7 Å². The van der Waals surface area contributed by atoms with E-state index < -0.39 is 6.10 Å². The summed E-state index contributed by atoms with van der Waals surface area (Å²) in [6, 6.07) is 21.0. The Morgan fingerprint density at radius 1 is 1.05 bits per heavy atom. The third-order valence-electron chi connectivity index (χ3n) is 7.60. The first-order chi connectivity index (χ1) is 20.6. The van der Waals surface area contributed by atoms with E-state index in [9.17, 15) is 18.8 Å². The lowest BCUT2D eigenvalue weighted by molar-refractivity contribution is -0.130. The lowest BCUT2D eigenvalue weighted by Gasteiger charge is -2.40. The van der Waals surface area contributed by atoms with Crippen LogP contribution in [0.2, 0.25) is 0 Å². The Balaban J connectivity index is 1.44. The second-order valence-corrected chi connectivity index (χ2v) is 10.9. The van der Waals surface area contributed by atoms with Crippen molar-refractivity contribution in [2.24, 2.45) is 0 Å². The number of nitrogens with zero attached hydrogens (tertiary/aromatic N) is 2. The zero-order valence-corrected chi connectivity index (χ0v) is 24.9. The fraction of sp³-hybridized carbons (Fsp3) is 0.324. The molecule has 3 aromatic carbocycles. The monoisotopic (exact) mass is 586 g/mol. The molecule has 8 nitrogen and oxygen atoms in total. The second-order valence-electron chi connectivity index (χ2n) is 10.9. The van der Waals surface area contributed by atoms with Crippen LogP contribution in [0.15, 0.2) is 85.5 Å². The summed E-state index contributed by atoms with van der Waals surface area (Å²) >= 11 is 0. The van der Waals surface area contributed by atoms with Gasteiger partial charge in [-0.3, -0.25) is 19.3 Å². The Hall–Kier alpha value is -4.50. The number of rotatable bonds is 11. The zero-order chi connectivity index (χ0) is 30.9. The highest BCUT2D eigenvalue weighted by molar-refractivity contribution is 5.94. The summed E-state index contributed by atoms with van der Waals surface area (Å²) in [6.45, 7) is 11.3. The molecule has 3 atom stereocenters. The molecule has 0 saturated carbocycles. The molecule has 3 amide bonds. The third-order valence-corrected chi connectivity index (χ3v) is 7.60. The summed E-state index contributed by atoms with van der Waals surface area (Å²) in [5.41, 5.74) is 2.59. The number of benzene rings is 3. The summed E-state index contributed by atoms with van der Waals surface area (Å²) in [7, 11) is 0. The lowest BCUT2D eigenvalue weighted by Crippen LogP contribution is -2.54. The zero-order valence-electron chi connectivity index (χ0n) is 24.9. The molecule has 0 bridgehead atoms. The van der Waals surface area contributed by atoms with Gasteiger partial charge in [0.25, 0.3) is 5.91 Å². The molecule has 0 spiro atoms. The Bertz CT molecular complexity index is 1430. The maximum atomic E-state index is 14.6. The molecule has 2 N–H and O–H groups in total. The summed E-state index contributed by atoms with van der Waals surface area (Å²) in [5.74, 6) is -0.321. The summed E-state index contributed by atoms with van der Waals surface area (Å²) in [4.78, 5) is 40.8. The Labute approximate surface area is 252 Å². The highest BCUT2D eigenvalue weighted by atomic mass is 19.1. The van der Waals surface area contributed by atoms with E-state index in [1.807, 2.05) is 43.3 Å². The molecule has 1 heterocycles. The molecule has 1 aliphatic rings. The number of hydrogen-bond donors (Lipinski definition) is 2. The average Bonchev–Trinajstić information content (AvgIpc) is 3.00. The Morgan fingerprint density at radius 2 is 1.77 bits per heavy atom. The van der Waals surface area contributed by atoms with Crippen LogP contribution in [0.25, 0.3) is 0 Å². The van der Waals surface area contributed by atoms with Gasteiger partial charge in [0.15, 0.2) is 0 Å². The predicted molar refractivity (Wildman–Crippen MR) is 164 cm³/mol. The number of nitrogens with one attached hydrogen (secondary N) is 2. The van der Waals surface area contributed by atoms with E-state index in [-0.39, 0.29) is 42.2 Å². The van der Waals surface area contributed by atoms with Crippen molar-refractivity contribution in [3.05, 3.63) is 114 Å². The van der Waals surface area contributed by atoms with Crippen LogP contribution in [-0.4, -0.2) is 66.3 Å². The first-order valence-electron chi connectivity index (χ1n) is 14.4. The van der Waals surface area contributed by atoms with Crippen LogP contribution >= 0.6 is 0 Å². The molecule has 3 aromatic rings. The van der Waals surface area contributed by atoms with Gasteiger partial charge in [-0.15, -0.1) is 0 Å². The minimum absolute atomic E-state index is 0.000384. The topological polar surface area (TPSA) is 91.0 Å². The number of aryl methyl sites for hydroxylation is 1. The lowest BCUT2D eigenvalue weighted by atomic mass is 10.0. The molecular weight excluding hydrogens is 547 g/mol. The molecule has 0 unspecified atom stereocenters. The van der Waals surface area contributed by atoms with Crippen LogP contribution < -0.4 is 15.4 Å². The van der Waals surface area contributed by atoms with Gasteiger partial charge < -0.3 is 20.3 Å². The van der Waals surface area contributed by atoms with E-state index in [4.69, 9.17) is 4.74 Å². The molecule has 9 heteroatoms. The number of carbonyl (C=O) groups is 3. The van der Waals surface area contributed by atoms with Crippen LogP contribution in [-0.2, 0) is 9.59 Å². The number of hydrogen-bond acceptors (Lipinski definition) is 5. The first kappa shape index (κ1) is 31.4. The maximum absolute atomic E-state index is 14.6. The quantitative estimate of drug-likeness (QED) is 0.321. The molecule has 0 aliphatic carbocycles. The van der Waals surface area contributed by atoms with Gasteiger partial charge in [0.2, 0.25) is 11.8 Å². The molecular formula is C34H39FN4O4. The van der Waals surface area contributed by atoms with Gasteiger partial charge in [-0.2, -0.15) is 0 Å². The highest BCUT2D eigenvalue weighted by Crippen LogP contribution is 2.26. The average molecular weight is 587 g/mol. The van der Waals surface area contributed by atoms with Crippen LogP contribution in [0, 0.1) is 12.7 Å². The molecule has 1 aliphatic heterocycles. The van der Waals surface area contributed by atoms with Crippen molar-refractivity contribution in [1.82, 2.24) is 20.4 Å². The first-order valence-corrected chi connectivity index (χ1v) is 14.4. The van der Waals surface area contributed by atoms with Crippen LogP contribution in [0.3, 0.4) is 0 Å². The second kappa shape index (κ2) is 14.6. The van der Waals surface area contributed by atoms with Crippen molar-refractivity contribution >= 4 is 17.7 Å². The molecule has 0 aromatic heterocycles. The smallest absolute Gasteiger partial charge is 0.251 e. The van der Waals surface area contributed by atoms with E-state index in [1.54, 1.807) is 42.2 Å². The SMILES string of the molecule is C=CC(=O)N1CCN(C[C@H](Oc2ccc(C(=O)NC[C@@H](NC(C)=O)c3ccccc3)cc2)c2ccc(C)c(F)c2)C[C@H]1C. The maximum Gasteiger partial charge on any atom is 0.251 e. The van der Waals surface area contributed by atoms with Crippen LogP contribution in [0.4, 0.5) is 4.39 Å². The fourth-order valence-electron chi connectivity index (χ4n) is 5.23. The minimum Gasteiger partial charge on any atom is -0.484 e. The van der Waals surface area contributed by atoms with Crippen molar-refractivity contribution in [1.29, 1.82) is 0 Å². The van der Waals surface area contributed by atoms with Gasteiger partial charge in [0.05, 0.1) is 6.04 Å². The number of halogens is 1. The number of carbonyl (C=O) groups excluding carboxylic acids is 3. The summed E-state index contributed by atoms with van der Waals surface area (Å²) in [5, 5.41) is 5.77. The number of piperazine rings is 1. The Kier molecular flexibility index (Phi) is 10.7. The standard InChI is InChI=1S/C34H39FN4O4/c1-5-33(41)39-18-17-38(21-24(39)3)22-32(28-12-11-23(2)30(35)19-28)43-29-15-13-27(14-16-29)34(42)36-20-31(37-25(4)40)26-9-7-6-8-10-26/h5-16,19,24,31-32H,1,17-18,20-22H2,2-4H3,(H,36,42)(H,37,40)/t24-,31-,32+/m1/s1. The van der Waals surface area contributed by atoms with Crippen molar-refractivity contribution in [2.45, 2.75) is 39.0 Å². The van der Waals surface area contributed by atoms with Gasteiger partial charge in [-0.05, 0) is 66.9 Å². The summed E-state index contributed by atoms with van der Waals surface area (Å²) in [6.07, 6.45) is 0.856. The molecule has 1 saturated heterocycles. The van der Waals surface area contributed by atoms with Gasteiger partial charge >= 0.3 is 0 Å². The minimum atomic E-state index is -0.479. The molecule has 0 radical (unpaired) electrons. The van der Waals surface area contributed by atoms with E-state index in [1.165, 1.54) is 19.1 Å². The van der Waals surface area contributed by atoms with E-state index in [0.717, 1.165) is 5.56 Å². The van der Waals surface area contributed by atoms with E-state index in [0.29, 0.717) is 48.6 Å². The Morgan fingerprint density at radius 3 is 2.40 bits per heavy atom. The van der Waals surface area contributed by atoms with Crippen molar-refractivity contribution in [3.63, 3.8) is 0 Å². The van der Waals surface area contributed by atoms with Crippen molar-refractivity contribution in [2.75, 3.05) is 32.7 Å². The van der Waals surface area contributed by atoms with Crippen LogP contribution in [0.1, 0.15) is 53.0 Å².